The summed E-state index contributed by atoms with van der Waals surface area (Å²) in [5.41, 5.74) is 2.01. The van der Waals surface area contributed by atoms with Crippen molar-refractivity contribution in [1.29, 1.82) is 0 Å². The number of hydrogen-bond acceptors (Lipinski definition) is 6. The number of fused-ring (bicyclic) bond motifs is 2. The number of methoxy groups -OCH3 is 1. The van der Waals surface area contributed by atoms with Gasteiger partial charge in [0.1, 0.15) is 23.7 Å². The molecule has 144 valence electrons. The quantitative estimate of drug-likeness (QED) is 0.781. The Hall–Kier alpha value is -2.73. The summed E-state index contributed by atoms with van der Waals surface area (Å²) in [4.78, 5) is 12.7. The van der Waals surface area contributed by atoms with Crippen LogP contribution in [0.2, 0.25) is 0 Å². The second-order valence-corrected chi connectivity index (χ2v) is 7.16. The molecule has 0 saturated carbocycles. The zero-order valence-corrected chi connectivity index (χ0v) is 15.9. The van der Waals surface area contributed by atoms with Crippen LogP contribution in [-0.2, 0) is 11.3 Å². The minimum absolute atomic E-state index is 0.0308. The number of aryl methyl sites for hydroxylation is 1. The lowest BCUT2D eigenvalue weighted by molar-refractivity contribution is 0.0454. The first-order valence-electron chi connectivity index (χ1n) is 8.88. The average molecular weight is 372 g/mol. The van der Waals surface area contributed by atoms with Gasteiger partial charge in [0.15, 0.2) is 11.5 Å². The van der Waals surface area contributed by atoms with Crippen LogP contribution in [0.4, 0.5) is 0 Å². The Morgan fingerprint density at radius 1 is 1.26 bits per heavy atom. The van der Waals surface area contributed by atoms with Crippen molar-refractivity contribution in [2.24, 2.45) is 5.92 Å². The summed E-state index contributed by atoms with van der Waals surface area (Å²) < 4.78 is 16.7. The number of carbonyl (C=O) groups excluding carboxylic acids is 1. The van der Waals surface area contributed by atoms with Gasteiger partial charge in [-0.3, -0.25) is 0 Å². The number of aliphatic hydroxyl groups is 1. The van der Waals surface area contributed by atoms with E-state index in [9.17, 15) is 15.0 Å². The first kappa shape index (κ1) is 19.0. The number of rotatable bonds is 4. The van der Waals surface area contributed by atoms with Crippen LogP contribution in [0.15, 0.2) is 24.3 Å². The van der Waals surface area contributed by atoms with E-state index in [1.54, 1.807) is 24.3 Å². The number of carbonyl (C=O) groups is 1. The Labute approximate surface area is 158 Å². The highest BCUT2D eigenvalue weighted by atomic mass is 16.5. The maximum absolute atomic E-state index is 12.7. The van der Waals surface area contributed by atoms with E-state index < -0.39 is 12.1 Å². The number of ether oxygens (including phenoxy) is 3. The molecule has 0 bridgehead atoms. The normalized spacial score (nSPS) is 14.4. The Morgan fingerprint density at radius 2 is 2.00 bits per heavy atom. The van der Waals surface area contributed by atoms with Crippen molar-refractivity contribution >= 4 is 5.97 Å². The van der Waals surface area contributed by atoms with Gasteiger partial charge in [0.05, 0.1) is 13.2 Å². The number of benzene rings is 2. The lowest BCUT2D eigenvalue weighted by Gasteiger charge is -2.23. The van der Waals surface area contributed by atoms with E-state index in [1.807, 2.05) is 20.8 Å². The van der Waals surface area contributed by atoms with Crippen molar-refractivity contribution in [1.82, 2.24) is 0 Å². The van der Waals surface area contributed by atoms with Gasteiger partial charge in [-0.15, -0.1) is 0 Å². The van der Waals surface area contributed by atoms with Crippen LogP contribution in [-0.4, -0.2) is 23.3 Å². The molecule has 1 aliphatic rings. The topological polar surface area (TPSA) is 85.2 Å². The van der Waals surface area contributed by atoms with E-state index in [1.165, 1.54) is 7.11 Å². The molecule has 3 rings (SSSR count). The molecule has 0 unspecified atom stereocenters. The molecule has 0 spiro atoms. The molecule has 0 saturated heterocycles. The Balaban J connectivity index is 2.13. The van der Waals surface area contributed by atoms with Crippen LogP contribution < -0.4 is 9.47 Å². The predicted molar refractivity (Wildman–Crippen MR) is 99.4 cm³/mol. The molecule has 1 aliphatic heterocycles. The van der Waals surface area contributed by atoms with E-state index in [4.69, 9.17) is 14.2 Å². The fraction of sp³-hybridized carbons (Fsp3) is 0.381. The van der Waals surface area contributed by atoms with E-state index in [2.05, 4.69) is 0 Å². The van der Waals surface area contributed by atoms with Gasteiger partial charge >= 0.3 is 5.97 Å². The van der Waals surface area contributed by atoms with Gasteiger partial charge in [0, 0.05) is 11.1 Å². The van der Waals surface area contributed by atoms with Crippen molar-refractivity contribution in [2.45, 2.75) is 39.9 Å². The standard InChI is InChI=1S/C21H24O6/c1-11(2)7-15(22)14-5-6-17-18(20(14)25-4)21(24)26-10-13-8-12(3)9-16(23)19(13)27-17/h5-6,8-9,11,15,22-23H,7,10H2,1-4H3/t15-/m1/s1. The number of phenolic OH excluding ortho intramolecular Hbond substituents is 1. The average Bonchev–Trinajstić information content (AvgIpc) is 2.59. The number of cyclic esters (lactones) is 1. The van der Waals surface area contributed by atoms with E-state index in [-0.39, 0.29) is 41.1 Å². The molecule has 1 heterocycles. The molecule has 0 radical (unpaired) electrons. The second-order valence-electron chi connectivity index (χ2n) is 7.16. The van der Waals surface area contributed by atoms with Crippen LogP contribution >= 0.6 is 0 Å². The minimum atomic E-state index is -0.785. The lowest BCUT2D eigenvalue weighted by atomic mass is 9.96. The van der Waals surface area contributed by atoms with Crippen molar-refractivity contribution in [3.63, 3.8) is 0 Å². The van der Waals surface area contributed by atoms with Crippen LogP contribution in [0, 0.1) is 12.8 Å². The van der Waals surface area contributed by atoms with E-state index in [0.717, 1.165) is 5.56 Å². The van der Waals surface area contributed by atoms with Gasteiger partial charge in [-0.25, -0.2) is 4.79 Å². The summed E-state index contributed by atoms with van der Waals surface area (Å²) >= 11 is 0. The van der Waals surface area contributed by atoms with Gasteiger partial charge in [-0.05, 0) is 49.1 Å². The maximum atomic E-state index is 12.7. The zero-order chi connectivity index (χ0) is 19.7. The highest BCUT2D eigenvalue weighted by molar-refractivity contribution is 5.96. The molecular weight excluding hydrogens is 348 g/mol. The molecule has 0 amide bonds. The summed E-state index contributed by atoms with van der Waals surface area (Å²) in [5, 5.41) is 20.8. The number of hydrogen-bond donors (Lipinski definition) is 2. The smallest absolute Gasteiger partial charge is 0.346 e. The molecule has 6 nitrogen and oxygen atoms in total. The van der Waals surface area contributed by atoms with Gasteiger partial charge < -0.3 is 24.4 Å². The Bertz CT molecular complexity index is 871. The van der Waals surface area contributed by atoms with Crippen molar-refractivity contribution in [2.75, 3.05) is 7.11 Å². The van der Waals surface area contributed by atoms with Gasteiger partial charge in [0.25, 0.3) is 0 Å². The summed E-state index contributed by atoms with van der Waals surface area (Å²) in [6, 6.07) is 6.64. The summed E-state index contributed by atoms with van der Waals surface area (Å²) in [6.07, 6.45) is -0.264. The van der Waals surface area contributed by atoms with Crippen molar-refractivity contribution in [3.05, 3.63) is 46.5 Å². The lowest BCUT2D eigenvalue weighted by Crippen LogP contribution is -2.15. The SMILES string of the molecule is COc1c([C@H](O)CC(C)C)ccc2c1C(=O)OCc1cc(C)cc(O)c1O2. The molecule has 2 N–H and O–H groups in total. The molecule has 0 fully saturated rings. The summed E-state index contributed by atoms with van der Waals surface area (Å²) in [6.45, 7) is 5.80. The Morgan fingerprint density at radius 3 is 2.67 bits per heavy atom. The summed E-state index contributed by atoms with van der Waals surface area (Å²) in [7, 11) is 1.43. The summed E-state index contributed by atoms with van der Waals surface area (Å²) in [5.74, 6) is 0.302. The van der Waals surface area contributed by atoms with Crippen molar-refractivity contribution < 1.29 is 29.2 Å². The van der Waals surface area contributed by atoms with Gasteiger partial charge in [0.2, 0.25) is 0 Å². The second kappa shape index (κ2) is 7.48. The molecule has 0 aliphatic carbocycles. The third kappa shape index (κ3) is 3.71. The van der Waals surface area contributed by atoms with Crippen molar-refractivity contribution in [3.8, 4) is 23.0 Å². The Kier molecular flexibility index (Phi) is 5.28. The van der Waals surface area contributed by atoms with E-state index >= 15 is 0 Å². The number of aromatic hydroxyl groups is 1. The molecular formula is C21H24O6. The van der Waals surface area contributed by atoms with E-state index in [0.29, 0.717) is 17.5 Å². The first-order chi connectivity index (χ1) is 12.8. The number of aliphatic hydroxyl groups excluding tert-OH is 1. The van der Waals surface area contributed by atoms with Gasteiger partial charge in [-0.1, -0.05) is 13.8 Å². The fourth-order valence-electron chi connectivity index (χ4n) is 3.29. The highest BCUT2D eigenvalue weighted by Gasteiger charge is 2.29. The molecule has 6 heteroatoms. The molecule has 0 aromatic heterocycles. The van der Waals surface area contributed by atoms with Crippen LogP contribution in [0.25, 0.3) is 0 Å². The monoisotopic (exact) mass is 372 g/mol. The van der Waals surface area contributed by atoms with Crippen LogP contribution in [0.5, 0.6) is 23.0 Å². The van der Waals surface area contributed by atoms with Gasteiger partial charge in [-0.2, -0.15) is 0 Å². The highest BCUT2D eigenvalue weighted by Crippen LogP contribution is 2.44. The molecule has 1 atom stereocenters. The number of esters is 1. The largest absolute Gasteiger partial charge is 0.504 e. The predicted octanol–water partition coefficient (Wildman–Crippen LogP) is 4.25. The first-order valence-corrected chi connectivity index (χ1v) is 8.88. The molecule has 2 aromatic carbocycles. The third-order valence-corrected chi connectivity index (χ3v) is 4.47. The van der Waals surface area contributed by atoms with Crippen LogP contribution in [0.3, 0.4) is 0 Å². The zero-order valence-electron chi connectivity index (χ0n) is 15.9. The molecule has 27 heavy (non-hydrogen) atoms. The third-order valence-electron chi connectivity index (χ3n) is 4.47. The molecule has 2 aromatic rings. The number of phenols is 1. The maximum Gasteiger partial charge on any atom is 0.346 e. The fourth-order valence-corrected chi connectivity index (χ4v) is 3.29. The minimum Gasteiger partial charge on any atom is -0.504 e. The van der Waals surface area contributed by atoms with Crippen LogP contribution in [0.1, 0.15) is 53.4 Å².